The van der Waals surface area contributed by atoms with Gasteiger partial charge in [0.15, 0.2) is 5.03 Å². The van der Waals surface area contributed by atoms with Gasteiger partial charge in [-0.25, -0.2) is 23.0 Å². The fourth-order valence-electron chi connectivity index (χ4n) is 6.10. The minimum Gasteiger partial charge on any atom is -0.475 e. The number of aromatic nitrogens is 1. The first kappa shape index (κ1) is 34.5. The van der Waals surface area contributed by atoms with Crippen LogP contribution in [0.25, 0.3) is 0 Å². The Morgan fingerprint density at radius 3 is 1.98 bits per heavy atom. The highest BCUT2D eigenvalue weighted by atomic mass is 32.2. The molecule has 1 aromatic rings. The summed E-state index contributed by atoms with van der Waals surface area (Å²) in [5.41, 5.74) is -0.248. The second kappa shape index (κ2) is 13.3. The molecule has 3 aliphatic heterocycles. The van der Waals surface area contributed by atoms with Crippen molar-refractivity contribution in [2.45, 2.75) is 61.4 Å². The summed E-state index contributed by atoms with van der Waals surface area (Å²) in [6.07, 6.45) is -1.95. The van der Waals surface area contributed by atoms with E-state index in [0.717, 1.165) is 25.6 Å². The van der Waals surface area contributed by atoms with Gasteiger partial charge in [0.05, 0.1) is 5.92 Å². The number of amides is 1. The van der Waals surface area contributed by atoms with Crippen LogP contribution in [0, 0.1) is 17.8 Å². The summed E-state index contributed by atoms with van der Waals surface area (Å²) >= 11 is 0. The van der Waals surface area contributed by atoms with Gasteiger partial charge in [-0.05, 0) is 43.7 Å². The van der Waals surface area contributed by atoms with E-state index in [2.05, 4.69) is 15.2 Å². The number of aliphatic carboxylic acids is 2. The maximum Gasteiger partial charge on any atom is 0.490 e. The molecule has 5 rings (SSSR count). The van der Waals surface area contributed by atoms with Crippen LogP contribution in [0.3, 0.4) is 0 Å². The predicted octanol–water partition coefficient (Wildman–Crippen LogP) is 2.74. The van der Waals surface area contributed by atoms with Gasteiger partial charge in [0.25, 0.3) is 10.0 Å². The van der Waals surface area contributed by atoms with Gasteiger partial charge in [-0.1, -0.05) is 18.9 Å². The number of hydrogen-bond donors (Lipinski definition) is 3. The Labute approximate surface area is 243 Å². The predicted molar refractivity (Wildman–Crippen MR) is 136 cm³/mol. The van der Waals surface area contributed by atoms with Crippen molar-refractivity contribution in [1.82, 2.24) is 19.5 Å². The molecule has 2 atom stereocenters. The van der Waals surface area contributed by atoms with Gasteiger partial charge in [0, 0.05) is 50.4 Å². The van der Waals surface area contributed by atoms with Crippen LogP contribution in [-0.2, 0) is 24.4 Å². The first-order chi connectivity index (χ1) is 19.9. The molecule has 0 radical (unpaired) electrons. The zero-order valence-electron chi connectivity index (χ0n) is 22.8. The maximum atomic E-state index is 12.9. The van der Waals surface area contributed by atoms with Crippen LogP contribution in [0.1, 0.15) is 38.5 Å². The number of carbonyl (C=O) groups excluding carboxylic acids is 1. The molecule has 1 amide bonds. The first-order valence-electron chi connectivity index (χ1n) is 13.4. The molecule has 43 heavy (non-hydrogen) atoms. The Bertz CT molecular complexity index is 1220. The van der Waals surface area contributed by atoms with Gasteiger partial charge in [-0.15, -0.1) is 0 Å². The lowest BCUT2D eigenvalue weighted by Crippen LogP contribution is -2.56. The SMILES string of the molecule is O=C(O)C(F)(F)F.O=C(O)C(F)(F)F.O=C1NC2(CCN(S(=O)(=O)c3ccccn3)CC2)[C@H]2CN(CC3CCCC3)C[C@@H]12. The molecule has 11 nitrogen and oxygen atoms in total. The van der Waals surface area contributed by atoms with Gasteiger partial charge in [-0.2, -0.15) is 30.6 Å². The third-order valence-corrected chi connectivity index (χ3v) is 9.96. The minimum absolute atomic E-state index is 0.0651. The Hall–Kier alpha value is -2.99. The molecular weight excluding hydrogens is 614 g/mol. The molecule has 3 N–H and O–H groups in total. The third-order valence-electron chi connectivity index (χ3n) is 8.15. The molecule has 4 fully saturated rings. The van der Waals surface area contributed by atoms with E-state index < -0.39 is 34.3 Å². The normalized spacial score (nSPS) is 24.4. The van der Waals surface area contributed by atoms with Crippen molar-refractivity contribution in [2.24, 2.45) is 17.8 Å². The quantitative estimate of drug-likeness (QED) is 0.419. The van der Waals surface area contributed by atoms with Crippen LogP contribution in [0.2, 0.25) is 0 Å². The number of likely N-dealkylation sites (tertiary alicyclic amines) is 1. The van der Waals surface area contributed by atoms with Crippen LogP contribution >= 0.6 is 0 Å². The molecule has 4 heterocycles. The topological polar surface area (TPSA) is 157 Å². The lowest BCUT2D eigenvalue weighted by Gasteiger charge is -2.42. The summed E-state index contributed by atoms with van der Waals surface area (Å²) in [6, 6.07) is 4.96. The fraction of sp³-hybridized carbons (Fsp3) is 0.680. The summed E-state index contributed by atoms with van der Waals surface area (Å²) in [5, 5.41) is 17.6. The third kappa shape index (κ3) is 8.56. The lowest BCUT2D eigenvalue weighted by molar-refractivity contribution is -0.193. The molecule has 3 saturated heterocycles. The Morgan fingerprint density at radius 2 is 1.51 bits per heavy atom. The molecule has 18 heteroatoms. The number of alkyl halides is 6. The molecule has 1 saturated carbocycles. The van der Waals surface area contributed by atoms with Crippen molar-refractivity contribution in [3.05, 3.63) is 24.4 Å². The number of sulfonamides is 1. The van der Waals surface area contributed by atoms with Crippen molar-refractivity contribution in [3.8, 4) is 0 Å². The molecule has 0 unspecified atom stereocenters. The number of hydrogen-bond acceptors (Lipinski definition) is 7. The van der Waals surface area contributed by atoms with Gasteiger partial charge >= 0.3 is 24.3 Å². The second-order valence-corrected chi connectivity index (χ2v) is 12.8. The zero-order valence-corrected chi connectivity index (χ0v) is 23.6. The number of nitrogens with one attached hydrogen (secondary N) is 1. The average Bonchev–Trinajstić information content (AvgIpc) is 3.64. The molecule has 0 aromatic carbocycles. The Kier molecular flexibility index (Phi) is 10.7. The number of carboxylic acid groups (broad SMARTS) is 2. The average molecular weight is 647 g/mol. The highest BCUT2D eigenvalue weighted by Crippen LogP contribution is 2.45. The smallest absolute Gasteiger partial charge is 0.475 e. The number of pyridine rings is 1. The molecule has 1 spiro atoms. The van der Waals surface area contributed by atoms with E-state index in [0.29, 0.717) is 31.8 Å². The van der Waals surface area contributed by atoms with Crippen molar-refractivity contribution in [3.63, 3.8) is 0 Å². The number of fused-ring (bicyclic) bond motifs is 2. The van der Waals surface area contributed by atoms with Gasteiger partial charge < -0.3 is 20.4 Å². The second-order valence-electron chi connectivity index (χ2n) is 10.9. The molecule has 1 aliphatic carbocycles. The van der Waals surface area contributed by atoms with E-state index in [9.17, 15) is 39.6 Å². The summed E-state index contributed by atoms with van der Waals surface area (Å²) in [6.45, 7) is 3.82. The van der Waals surface area contributed by atoms with E-state index >= 15 is 0 Å². The fourth-order valence-corrected chi connectivity index (χ4v) is 7.47. The van der Waals surface area contributed by atoms with Crippen molar-refractivity contribution in [2.75, 3.05) is 32.7 Å². The van der Waals surface area contributed by atoms with Crippen LogP contribution in [0.5, 0.6) is 0 Å². The van der Waals surface area contributed by atoms with Crippen molar-refractivity contribution >= 4 is 27.9 Å². The first-order valence-corrected chi connectivity index (χ1v) is 14.9. The number of rotatable bonds is 4. The maximum absolute atomic E-state index is 12.9. The van der Waals surface area contributed by atoms with Crippen LogP contribution < -0.4 is 5.32 Å². The highest BCUT2D eigenvalue weighted by Gasteiger charge is 2.57. The Morgan fingerprint density at radius 1 is 0.977 bits per heavy atom. The van der Waals surface area contributed by atoms with Crippen molar-refractivity contribution < 1.29 is 59.4 Å². The summed E-state index contributed by atoms with van der Waals surface area (Å²) < 4.78 is 90.8. The largest absolute Gasteiger partial charge is 0.490 e. The van der Waals surface area contributed by atoms with Crippen LogP contribution in [0.4, 0.5) is 26.3 Å². The number of nitrogens with zero attached hydrogens (tertiary/aromatic N) is 3. The van der Waals surface area contributed by atoms with Gasteiger partial charge in [0.2, 0.25) is 5.91 Å². The lowest BCUT2D eigenvalue weighted by atomic mass is 9.76. The zero-order chi connectivity index (χ0) is 32.2. The molecule has 4 aliphatic rings. The van der Waals surface area contributed by atoms with E-state index in [-0.39, 0.29) is 22.4 Å². The summed E-state index contributed by atoms with van der Waals surface area (Å²) in [4.78, 5) is 37.1. The number of carbonyl (C=O) groups is 3. The van der Waals surface area contributed by atoms with Gasteiger partial charge in [-0.3, -0.25) is 4.79 Å². The van der Waals surface area contributed by atoms with Crippen LogP contribution in [0.15, 0.2) is 29.4 Å². The molecule has 1 aromatic heterocycles. The van der Waals surface area contributed by atoms with Gasteiger partial charge in [0.1, 0.15) is 0 Å². The molecule has 242 valence electrons. The summed E-state index contributed by atoms with van der Waals surface area (Å²) in [7, 11) is -3.57. The highest BCUT2D eigenvalue weighted by molar-refractivity contribution is 7.89. The Balaban J connectivity index is 0.000000303. The monoisotopic (exact) mass is 646 g/mol. The molecule has 0 bridgehead atoms. The van der Waals surface area contributed by atoms with E-state index in [1.807, 2.05) is 0 Å². The van der Waals surface area contributed by atoms with E-state index in [1.54, 1.807) is 18.2 Å². The number of piperidine rings is 1. The van der Waals surface area contributed by atoms with E-state index in [1.165, 1.54) is 36.2 Å². The molecular formula is C25H32F6N4O7S. The number of halogens is 6. The minimum atomic E-state index is -5.08. The van der Waals surface area contributed by atoms with Crippen molar-refractivity contribution in [1.29, 1.82) is 0 Å². The van der Waals surface area contributed by atoms with Crippen LogP contribution in [-0.4, -0.2) is 101 Å². The summed E-state index contributed by atoms with van der Waals surface area (Å²) in [5.74, 6) is -4.19. The van der Waals surface area contributed by atoms with E-state index in [4.69, 9.17) is 19.8 Å². The number of carboxylic acids is 2. The standard InChI is InChI=1S/C21H30N4O3S.2C2HF3O2/c26-20-17-14-24(13-16-5-1-2-6-16)15-18(17)21(23-20)8-11-25(12-9-21)29(27,28)19-7-3-4-10-22-19;2*3-2(4,5)1(6)7/h3-4,7,10,16-18H,1-2,5-6,8-9,11-15H2,(H,23,26);2*(H,6,7)/t17-,18+;;/m1../s1.